The highest BCUT2D eigenvalue weighted by Crippen LogP contribution is 2.20. The fraction of sp³-hybridized carbons (Fsp3) is 0.600. The van der Waals surface area contributed by atoms with Crippen LogP contribution in [0.15, 0.2) is 30.3 Å². The molecule has 17 heavy (non-hydrogen) atoms. The van der Waals surface area contributed by atoms with Gasteiger partial charge in [0.25, 0.3) is 0 Å². The number of hydrogen-bond donors (Lipinski definition) is 2. The topological polar surface area (TPSA) is 24.1 Å². The Bertz CT molecular complexity index is 323. The normalized spacial score (nSPS) is 26.7. The second-order valence-electron chi connectivity index (χ2n) is 5.07. The van der Waals surface area contributed by atoms with Crippen LogP contribution in [-0.2, 0) is 0 Å². The molecule has 0 aromatic heterocycles. The zero-order chi connectivity index (χ0) is 12.1. The molecule has 2 N–H and O–H groups in total. The Kier molecular flexibility index (Phi) is 4.57. The number of rotatable bonds is 4. The first kappa shape index (κ1) is 12.6. The van der Waals surface area contributed by atoms with Gasteiger partial charge >= 0.3 is 0 Å². The van der Waals surface area contributed by atoms with E-state index < -0.39 is 0 Å². The molecule has 0 amide bonds. The van der Waals surface area contributed by atoms with Crippen molar-refractivity contribution in [1.82, 2.24) is 10.6 Å². The largest absolute Gasteiger partial charge is 0.316 e. The van der Waals surface area contributed by atoms with Crippen LogP contribution in [0.1, 0.15) is 38.3 Å². The number of hydrogen-bond acceptors (Lipinski definition) is 2. The summed E-state index contributed by atoms with van der Waals surface area (Å²) >= 11 is 0. The first-order valence-corrected chi connectivity index (χ1v) is 6.83. The maximum Gasteiger partial charge on any atom is 0.0294 e. The van der Waals surface area contributed by atoms with Gasteiger partial charge in [0, 0.05) is 12.1 Å². The predicted molar refractivity (Wildman–Crippen MR) is 73.0 cm³/mol. The van der Waals surface area contributed by atoms with Crippen molar-refractivity contribution in [2.75, 3.05) is 13.1 Å². The Morgan fingerprint density at radius 2 is 2.12 bits per heavy atom. The minimum absolute atomic E-state index is 0.452. The minimum atomic E-state index is 0.452. The van der Waals surface area contributed by atoms with Gasteiger partial charge in [-0.15, -0.1) is 0 Å². The van der Waals surface area contributed by atoms with Gasteiger partial charge < -0.3 is 10.6 Å². The van der Waals surface area contributed by atoms with Crippen molar-refractivity contribution in [2.24, 2.45) is 5.92 Å². The SMILES string of the molecule is CCC1CNCCC1NC(C)c1ccccc1. The zero-order valence-electron chi connectivity index (χ0n) is 10.9. The summed E-state index contributed by atoms with van der Waals surface area (Å²) < 4.78 is 0. The van der Waals surface area contributed by atoms with Crippen molar-refractivity contribution in [1.29, 1.82) is 0 Å². The standard InChI is InChI=1S/C15H24N2/c1-3-13-11-16-10-9-15(13)17-12(2)14-7-5-4-6-8-14/h4-8,12-13,15-17H,3,9-11H2,1-2H3. The summed E-state index contributed by atoms with van der Waals surface area (Å²) in [6.07, 6.45) is 2.50. The van der Waals surface area contributed by atoms with Crippen LogP contribution in [0.5, 0.6) is 0 Å². The van der Waals surface area contributed by atoms with Gasteiger partial charge in [0.05, 0.1) is 0 Å². The lowest BCUT2D eigenvalue weighted by atomic mass is 9.90. The third kappa shape index (κ3) is 3.30. The Morgan fingerprint density at radius 1 is 1.35 bits per heavy atom. The van der Waals surface area contributed by atoms with Crippen LogP contribution in [0.25, 0.3) is 0 Å². The summed E-state index contributed by atoms with van der Waals surface area (Å²) in [6.45, 7) is 6.87. The number of nitrogens with one attached hydrogen (secondary N) is 2. The molecule has 1 fully saturated rings. The van der Waals surface area contributed by atoms with Gasteiger partial charge in [-0.25, -0.2) is 0 Å². The van der Waals surface area contributed by atoms with Crippen molar-refractivity contribution in [3.63, 3.8) is 0 Å². The van der Waals surface area contributed by atoms with Crippen molar-refractivity contribution in [3.05, 3.63) is 35.9 Å². The van der Waals surface area contributed by atoms with Crippen LogP contribution < -0.4 is 10.6 Å². The third-order valence-electron chi connectivity index (χ3n) is 3.90. The molecule has 1 aromatic carbocycles. The van der Waals surface area contributed by atoms with E-state index in [0.717, 1.165) is 19.0 Å². The van der Waals surface area contributed by atoms with E-state index in [0.29, 0.717) is 12.1 Å². The minimum Gasteiger partial charge on any atom is -0.316 e. The monoisotopic (exact) mass is 232 g/mol. The van der Waals surface area contributed by atoms with E-state index in [-0.39, 0.29) is 0 Å². The molecule has 94 valence electrons. The lowest BCUT2D eigenvalue weighted by molar-refractivity contribution is 0.255. The summed E-state index contributed by atoms with van der Waals surface area (Å²) in [5.74, 6) is 0.773. The van der Waals surface area contributed by atoms with E-state index in [1.54, 1.807) is 0 Å². The molecule has 1 aliphatic heterocycles. The third-order valence-corrected chi connectivity index (χ3v) is 3.90. The molecule has 2 rings (SSSR count). The van der Waals surface area contributed by atoms with Crippen molar-refractivity contribution in [2.45, 2.75) is 38.8 Å². The van der Waals surface area contributed by atoms with Crippen LogP contribution in [0.4, 0.5) is 0 Å². The van der Waals surface area contributed by atoms with Gasteiger partial charge in [0.15, 0.2) is 0 Å². The molecule has 2 nitrogen and oxygen atoms in total. The fourth-order valence-electron chi connectivity index (χ4n) is 2.73. The van der Waals surface area contributed by atoms with Crippen LogP contribution >= 0.6 is 0 Å². The lowest BCUT2D eigenvalue weighted by Gasteiger charge is -2.34. The molecule has 1 heterocycles. The molecule has 2 heteroatoms. The van der Waals surface area contributed by atoms with Crippen LogP contribution in [0.3, 0.4) is 0 Å². The summed E-state index contributed by atoms with van der Waals surface area (Å²) in [6, 6.07) is 11.8. The average molecular weight is 232 g/mol. The van der Waals surface area contributed by atoms with E-state index in [1.807, 2.05) is 0 Å². The van der Waals surface area contributed by atoms with Gasteiger partial charge in [-0.2, -0.15) is 0 Å². The average Bonchev–Trinajstić information content (AvgIpc) is 2.40. The number of benzene rings is 1. The molecular weight excluding hydrogens is 208 g/mol. The van der Waals surface area contributed by atoms with Gasteiger partial charge in [0.1, 0.15) is 0 Å². The quantitative estimate of drug-likeness (QED) is 0.834. The van der Waals surface area contributed by atoms with Gasteiger partial charge in [-0.05, 0) is 37.9 Å². The fourth-order valence-corrected chi connectivity index (χ4v) is 2.73. The molecular formula is C15H24N2. The predicted octanol–water partition coefficient (Wildman–Crippen LogP) is 2.73. The Balaban J connectivity index is 1.95. The van der Waals surface area contributed by atoms with Crippen molar-refractivity contribution < 1.29 is 0 Å². The maximum atomic E-state index is 3.80. The van der Waals surface area contributed by atoms with E-state index in [4.69, 9.17) is 0 Å². The molecule has 1 saturated heterocycles. The summed E-state index contributed by atoms with van der Waals surface area (Å²) in [5.41, 5.74) is 1.39. The van der Waals surface area contributed by atoms with Crippen LogP contribution in [-0.4, -0.2) is 19.1 Å². The van der Waals surface area contributed by atoms with Crippen LogP contribution in [0, 0.1) is 5.92 Å². The molecule has 0 saturated carbocycles. The van der Waals surface area contributed by atoms with Crippen molar-refractivity contribution >= 4 is 0 Å². The highest BCUT2D eigenvalue weighted by Gasteiger charge is 2.24. The highest BCUT2D eigenvalue weighted by atomic mass is 15.0. The molecule has 0 radical (unpaired) electrons. The summed E-state index contributed by atoms with van der Waals surface area (Å²) in [4.78, 5) is 0. The number of piperidine rings is 1. The first-order valence-electron chi connectivity index (χ1n) is 6.83. The summed E-state index contributed by atoms with van der Waals surface area (Å²) in [7, 11) is 0. The van der Waals surface area contributed by atoms with E-state index in [9.17, 15) is 0 Å². The second-order valence-corrected chi connectivity index (χ2v) is 5.07. The molecule has 1 aliphatic rings. The molecule has 3 unspecified atom stereocenters. The molecule has 0 aliphatic carbocycles. The van der Waals surface area contributed by atoms with Gasteiger partial charge in [-0.3, -0.25) is 0 Å². The Labute approximate surface area is 105 Å². The Hall–Kier alpha value is -0.860. The van der Waals surface area contributed by atoms with Crippen molar-refractivity contribution in [3.8, 4) is 0 Å². The molecule has 3 atom stereocenters. The van der Waals surface area contributed by atoms with E-state index in [2.05, 4.69) is 54.8 Å². The Morgan fingerprint density at radius 3 is 2.82 bits per heavy atom. The molecule has 0 bridgehead atoms. The van der Waals surface area contributed by atoms with E-state index in [1.165, 1.54) is 18.4 Å². The van der Waals surface area contributed by atoms with Gasteiger partial charge in [-0.1, -0.05) is 43.7 Å². The zero-order valence-corrected chi connectivity index (χ0v) is 10.9. The molecule has 1 aromatic rings. The first-order chi connectivity index (χ1) is 8.31. The van der Waals surface area contributed by atoms with E-state index >= 15 is 0 Å². The smallest absolute Gasteiger partial charge is 0.0294 e. The van der Waals surface area contributed by atoms with Crippen LogP contribution in [0.2, 0.25) is 0 Å². The lowest BCUT2D eigenvalue weighted by Crippen LogP contribution is -2.47. The molecule has 0 spiro atoms. The maximum absolute atomic E-state index is 3.80. The van der Waals surface area contributed by atoms with Gasteiger partial charge in [0.2, 0.25) is 0 Å². The second kappa shape index (κ2) is 6.18. The highest BCUT2D eigenvalue weighted by molar-refractivity contribution is 5.18. The summed E-state index contributed by atoms with van der Waals surface area (Å²) in [5, 5.41) is 7.28.